The fourth-order valence-electron chi connectivity index (χ4n) is 3.30. The Bertz CT molecular complexity index is 965. The van der Waals surface area contributed by atoms with E-state index in [1.54, 1.807) is 31.4 Å². The molecule has 1 atom stereocenters. The number of anilines is 2. The van der Waals surface area contributed by atoms with Crippen molar-refractivity contribution < 1.29 is 14.3 Å². The van der Waals surface area contributed by atoms with Gasteiger partial charge < -0.3 is 10.1 Å². The van der Waals surface area contributed by atoms with Gasteiger partial charge in [-0.2, -0.15) is 0 Å². The van der Waals surface area contributed by atoms with Crippen LogP contribution in [0, 0.1) is 13.8 Å². The highest BCUT2D eigenvalue weighted by molar-refractivity contribution is 6.01. The summed E-state index contributed by atoms with van der Waals surface area (Å²) in [5, 5.41) is 3.02. The average molecular weight is 388 g/mol. The first-order valence-electron chi connectivity index (χ1n) is 9.35. The zero-order valence-corrected chi connectivity index (χ0v) is 16.8. The number of carbonyl (C=O) groups excluding carboxylic acids is 2. The minimum Gasteiger partial charge on any atom is -0.497 e. The summed E-state index contributed by atoms with van der Waals surface area (Å²) < 4.78 is 5.19. The van der Waals surface area contributed by atoms with Crippen LogP contribution >= 0.6 is 0 Å². The van der Waals surface area contributed by atoms with Gasteiger partial charge in [-0.15, -0.1) is 0 Å². The molecule has 0 heterocycles. The fraction of sp³-hybridized carbons (Fsp3) is 0.167. The molecule has 0 radical (unpaired) electrons. The third-order valence-electron chi connectivity index (χ3n) is 4.86. The zero-order valence-electron chi connectivity index (χ0n) is 16.8. The highest BCUT2D eigenvalue weighted by Gasteiger charge is 2.28. The van der Waals surface area contributed by atoms with Crippen LogP contribution in [-0.2, 0) is 9.59 Å². The van der Waals surface area contributed by atoms with Gasteiger partial charge in [0.05, 0.1) is 7.11 Å². The number of rotatable bonds is 7. The smallest absolute Gasteiger partial charge is 0.252 e. The Morgan fingerprint density at radius 2 is 1.55 bits per heavy atom. The lowest BCUT2D eigenvalue weighted by atomic mass is 10.0. The molecule has 0 aliphatic rings. The molecule has 1 unspecified atom stereocenters. The van der Waals surface area contributed by atoms with E-state index in [2.05, 4.69) is 5.32 Å². The monoisotopic (exact) mass is 388 g/mol. The maximum Gasteiger partial charge on any atom is 0.252 e. The first-order valence-corrected chi connectivity index (χ1v) is 9.35. The van der Waals surface area contributed by atoms with Gasteiger partial charge in [-0.05, 0) is 54.8 Å². The van der Waals surface area contributed by atoms with Gasteiger partial charge in [0.2, 0.25) is 6.41 Å². The van der Waals surface area contributed by atoms with Gasteiger partial charge in [0, 0.05) is 11.4 Å². The Morgan fingerprint density at radius 3 is 2.10 bits per heavy atom. The lowest BCUT2D eigenvalue weighted by molar-refractivity contribution is -0.119. The second kappa shape index (κ2) is 9.06. The van der Waals surface area contributed by atoms with Crippen LogP contribution in [0.25, 0.3) is 0 Å². The van der Waals surface area contributed by atoms with Crippen molar-refractivity contribution in [2.45, 2.75) is 19.9 Å². The predicted molar refractivity (Wildman–Crippen MR) is 115 cm³/mol. The molecule has 0 saturated carbocycles. The number of aryl methyl sites for hydroxylation is 2. The summed E-state index contributed by atoms with van der Waals surface area (Å²) >= 11 is 0. The molecule has 0 bridgehead atoms. The summed E-state index contributed by atoms with van der Waals surface area (Å²) in [5.41, 5.74) is 4.02. The topological polar surface area (TPSA) is 58.6 Å². The van der Waals surface area contributed by atoms with E-state index >= 15 is 0 Å². The molecule has 0 aliphatic heterocycles. The van der Waals surface area contributed by atoms with E-state index in [0.717, 1.165) is 22.4 Å². The molecule has 5 nitrogen and oxygen atoms in total. The van der Waals surface area contributed by atoms with E-state index in [1.807, 2.05) is 62.4 Å². The van der Waals surface area contributed by atoms with Crippen molar-refractivity contribution in [2.75, 3.05) is 17.3 Å². The van der Waals surface area contributed by atoms with Crippen molar-refractivity contribution in [3.8, 4) is 5.75 Å². The van der Waals surface area contributed by atoms with Gasteiger partial charge in [0.1, 0.15) is 11.8 Å². The van der Waals surface area contributed by atoms with Gasteiger partial charge in [-0.1, -0.05) is 48.5 Å². The summed E-state index contributed by atoms with van der Waals surface area (Å²) in [6.07, 6.45) is 0.684. The van der Waals surface area contributed by atoms with Gasteiger partial charge in [0.25, 0.3) is 5.91 Å². The molecule has 3 aromatic rings. The average Bonchev–Trinajstić information content (AvgIpc) is 2.75. The SMILES string of the molecule is COc1ccc(N(C=O)C(C(=O)Nc2c(C)cccc2C)c2ccccc2)cc1. The molecule has 0 saturated heterocycles. The number of ether oxygens (including phenoxy) is 1. The molecule has 148 valence electrons. The predicted octanol–water partition coefficient (Wildman–Crippen LogP) is 4.65. The lowest BCUT2D eigenvalue weighted by Crippen LogP contribution is -2.37. The van der Waals surface area contributed by atoms with Crippen LogP contribution in [0.5, 0.6) is 5.75 Å². The molecule has 0 spiro atoms. The maximum atomic E-state index is 13.4. The molecule has 0 aliphatic carbocycles. The first-order chi connectivity index (χ1) is 14.0. The van der Waals surface area contributed by atoms with E-state index in [0.29, 0.717) is 17.8 Å². The Balaban J connectivity index is 2.01. The van der Waals surface area contributed by atoms with Gasteiger partial charge in [-0.25, -0.2) is 0 Å². The number of carbonyl (C=O) groups is 2. The molecular weight excluding hydrogens is 364 g/mol. The van der Waals surface area contributed by atoms with E-state index in [4.69, 9.17) is 4.74 Å². The third-order valence-corrected chi connectivity index (χ3v) is 4.86. The van der Waals surface area contributed by atoms with Crippen LogP contribution in [0.1, 0.15) is 22.7 Å². The molecule has 3 aromatic carbocycles. The second-order valence-corrected chi connectivity index (χ2v) is 6.78. The Labute approximate surface area is 170 Å². The van der Waals surface area contributed by atoms with Crippen molar-refractivity contribution in [1.29, 1.82) is 0 Å². The second-order valence-electron chi connectivity index (χ2n) is 6.78. The van der Waals surface area contributed by atoms with E-state index in [1.165, 1.54) is 4.90 Å². The van der Waals surface area contributed by atoms with Crippen LogP contribution in [0.3, 0.4) is 0 Å². The molecule has 1 N–H and O–H groups in total. The number of methoxy groups -OCH3 is 1. The number of nitrogens with zero attached hydrogens (tertiary/aromatic N) is 1. The standard InChI is InChI=1S/C24H24N2O3/c1-17-8-7-9-18(2)22(17)25-24(28)23(19-10-5-4-6-11-19)26(16-27)20-12-14-21(29-3)15-13-20/h4-16,23H,1-3H3,(H,25,28). The number of hydrogen-bond donors (Lipinski definition) is 1. The number of nitrogens with one attached hydrogen (secondary N) is 1. The number of amides is 2. The van der Waals surface area contributed by atoms with Gasteiger partial charge >= 0.3 is 0 Å². The van der Waals surface area contributed by atoms with Crippen molar-refractivity contribution in [2.24, 2.45) is 0 Å². The van der Waals surface area contributed by atoms with Crippen LogP contribution < -0.4 is 15.0 Å². The largest absolute Gasteiger partial charge is 0.497 e. The molecule has 5 heteroatoms. The Morgan fingerprint density at radius 1 is 0.931 bits per heavy atom. The summed E-state index contributed by atoms with van der Waals surface area (Å²) in [6, 6.07) is 21.3. The minimum atomic E-state index is -0.818. The van der Waals surface area contributed by atoms with Crippen molar-refractivity contribution in [1.82, 2.24) is 0 Å². The van der Waals surface area contributed by atoms with Crippen molar-refractivity contribution >= 4 is 23.7 Å². The molecule has 0 aromatic heterocycles. The molecule has 29 heavy (non-hydrogen) atoms. The molecule has 3 rings (SSSR count). The Hall–Kier alpha value is -3.60. The summed E-state index contributed by atoms with van der Waals surface area (Å²) in [5.74, 6) is 0.396. The van der Waals surface area contributed by atoms with Crippen LogP contribution in [0.4, 0.5) is 11.4 Å². The fourth-order valence-corrected chi connectivity index (χ4v) is 3.30. The number of para-hydroxylation sites is 1. The van der Waals surface area contributed by atoms with E-state index in [-0.39, 0.29) is 5.91 Å². The summed E-state index contributed by atoms with van der Waals surface area (Å²) in [6.45, 7) is 3.89. The molecule has 0 fully saturated rings. The number of benzene rings is 3. The normalized spacial score (nSPS) is 11.4. The lowest BCUT2D eigenvalue weighted by Gasteiger charge is -2.28. The molecular formula is C24H24N2O3. The quantitative estimate of drug-likeness (QED) is 0.599. The van der Waals surface area contributed by atoms with Gasteiger partial charge in [-0.3, -0.25) is 14.5 Å². The highest BCUT2D eigenvalue weighted by Crippen LogP contribution is 2.30. The van der Waals surface area contributed by atoms with Crippen LogP contribution in [0.15, 0.2) is 72.8 Å². The highest BCUT2D eigenvalue weighted by atomic mass is 16.5. The number of hydrogen-bond acceptors (Lipinski definition) is 3. The summed E-state index contributed by atoms with van der Waals surface area (Å²) in [4.78, 5) is 26.9. The van der Waals surface area contributed by atoms with Gasteiger partial charge in [0.15, 0.2) is 0 Å². The maximum absolute atomic E-state index is 13.4. The first kappa shape index (κ1) is 20.1. The zero-order chi connectivity index (χ0) is 20.8. The summed E-state index contributed by atoms with van der Waals surface area (Å²) in [7, 11) is 1.58. The molecule has 2 amide bonds. The van der Waals surface area contributed by atoms with Crippen LogP contribution in [-0.4, -0.2) is 19.4 Å². The van der Waals surface area contributed by atoms with E-state index in [9.17, 15) is 9.59 Å². The van der Waals surface area contributed by atoms with Crippen LogP contribution in [0.2, 0.25) is 0 Å². The third kappa shape index (κ3) is 4.46. The van der Waals surface area contributed by atoms with Crippen molar-refractivity contribution in [3.05, 3.63) is 89.5 Å². The minimum absolute atomic E-state index is 0.281. The Kier molecular flexibility index (Phi) is 6.29. The van der Waals surface area contributed by atoms with E-state index < -0.39 is 6.04 Å². The van der Waals surface area contributed by atoms with Crippen molar-refractivity contribution in [3.63, 3.8) is 0 Å².